The minimum Gasteiger partial charge on any atom is -0.396 e. The molecule has 1 atom stereocenters. The molecular weight excluding hydrogens is 224 g/mol. The number of rotatable bonds is 8. The van der Waals surface area contributed by atoms with Gasteiger partial charge in [-0.2, -0.15) is 0 Å². The maximum Gasteiger partial charge on any atom is 0.0447 e. The van der Waals surface area contributed by atoms with Crippen molar-refractivity contribution in [2.75, 3.05) is 31.6 Å². The highest BCUT2D eigenvalue weighted by molar-refractivity contribution is 5.54. The Morgan fingerprint density at radius 3 is 2.72 bits per heavy atom. The summed E-state index contributed by atoms with van der Waals surface area (Å²) < 4.78 is 0. The molecule has 0 aliphatic carbocycles. The van der Waals surface area contributed by atoms with Gasteiger partial charge < -0.3 is 15.3 Å². The van der Waals surface area contributed by atoms with Crippen molar-refractivity contribution in [2.45, 2.75) is 32.7 Å². The lowest BCUT2D eigenvalue weighted by Gasteiger charge is -2.25. The quantitative estimate of drug-likeness (QED) is 0.744. The van der Waals surface area contributed by atoms with Gasteiger partial charge in [0.1, 0.15) is 0 Å². The van der Waals surface area contributed by atoms with E-state index in [9.17, 15) is 0 Å². The van der Waals surface area contributed by atoms with Crippen LogP contribution >= 0.6 is 0 Å². The lowest BCUT2D eigenvalue weighted by molar-refractivity contribution is 0.290. The molecule has 0 aliphatic rings. The van der Waals surface area contributed by atoms with Gasteiger partial charge in [0.15, 0.2) is 0 Å². The van der Waals surface area contributed by atoms with Crippen molar-refractivity contribution in [2.24, 2.45) is 0 Å². The van der Waals surface area contributed by atoms with E-state index in [2.05, 4.69) is 55.4 Å². The lowest BCUT2D eigenvalue weighted by atomic mass is 10.0. The van der Waals surface area contributed by atoms with Crippen LogP contribution in [0.15, 0.2) is 24.3 Å². The van der Waals surface area contributed by atoms with E-state index in [0.717, 1.165) is 25.9 Å². The van der Waals surface area contributed by atoms with Crippen molar-refractivity contribution in [3.8, 4) is 0 Å². The maximum atomic E-state index is 8.92. The van der Waals surface area contributed by atoms with Gasteiger partial charge in [-0.3, -0.25) is 0 Å². The number of para-hydroxylation sites is 1. The first-order valence-corrected chi connectivity index (χ1v) is 6.85. The third-order valence-corrected chi connectivity index (χ3v) is 3.17. The lowest BCUT2D eigenvalue weighted by Crippen LogP contribution is -2.25. The van der Waals surface area contributed by atoms with Crippen LogP contribution in [0.2, 0.25) is 0 Å². The minimum atomic E-state index is 0.246. The van der Waals surface area contributed by atoms with Gasteiger partial charge in [-0.1, -0.05) is 25.1 Å². The third-order valence-electron chi connectivity index (χ3n) is 3.17. The van der Waals surface area contributed by atoms with Crippen LogP contribution in [0.25, 0.3) is 0 Å². The number of nitrogens with zero attached hydrogens (tertiary/aromatic N) is 1. The molecule has 2 N–H and O–H groups in total. The van der Waals surface area contributed by atoms with Crippen LogP contribution in [0, 0.1) is 0 Å². The number of benzene rings is 1. The molecule has 0 aliphatic heterocycles. The van der Waals surface area contributed by atoms with Crippen molar-refractivity contribution in [3.63, 3.8) is 0 Å². The molecule has 0 fully saturated rings. The zero-order valence-corrected chi connectivity index (χ0v) is 11.8. The first kappa shape index (κ1) is 15.0. The summed E-state index contributed by atoms with van der Waals surface area (Å²) in [5.74, 6) is 0. The van der Waals surface area contributed by atoms with Crippen molar-refractivity contribution in [3.05, 3.63) is 29.8 Å². The van der Waals surface area contributed by atoms with Gasteiger partial charge in [0.25, 0.3) is 0 Å². The van der Waals surface area contributed by atoms with Crippen LogP contribution < -0.4 is 10.2 Å². The Morgan fingerprint density at radius 1 is 1.33 bits per heavy atom. The zero-order valence-electron chi connectivity index (χ0n) is 11.8. The highest BCUT2D eigenvalue weighted by Crippen LogP contribution is 2.25. The Bertz CT molecular complexity index is 308. The first-order chi connectivity index (χ1) is 8.70. The van der Waals surface area contributed by atoms with Gasteiger partial charge in [0.2, 0.25) is 0 Å². The number of anilines is 1. The van der Waals surface area contributed by atoms with E-state index in [4.69, 9.17) is 5.11 Å². The van der Waals surface area contributed by atoms with Crippen molar-refractivity contribution < 1.29 is 5.11 Å². The summed E-state index contributed by atoms with van der Waals surface area (Å²) in [5.41, 5.74) is 2.58. The van der Waals surface area contributed by atoms with Crippen molar-refractivity contribution >= 4 is 5.69 Å². The number of hydrogen-bond donors (Lipinski definition) is 2. The standard InChI is InChI=1S/C15H26N2O/c1-4-10-16-13(2)14-8-5-6-9-15(14)17(3)11-7-12-18/h5-6,8-9,13,16,18H,4,7,10-12H2,1-3H3. The second kappa shape index (κ2) is 8.11. The molecule has 18 heavy (non-hydrogen) atoms. The number of aliphatic hydroxyl groups is 1. The maximum absolute atomic E-state index is 8.92. The van der Waals surface area contributed by atoms with Gasteiger partial charge in [-0.15, -0.1) is 0 Å². The Balaban J connectivity index is 2.77. The molecule has 0 aromatic heterocycles. The molecular formula is C15H26N2O. The molecule has 0 saturated heterocycles. The van der Waals surface area contributed by atoms with Crippen LogP contribution in [0.5, 0.6) is 0 Å². The monoisotopic (exact) mass is 250 g/mol. The van der Waals surface area contributed by atoms with E-state index in [0.29, 0.717) is 6.04 Å². The number of aliphatic hydroxyl groups excluding tert-OH is 1. The molecule has 0 heterocycles. The van der Waals surface area contributed by atoms with Gasteiger partial charge in [-0.05, 0) is 37.9 Å². The van der Waals surface area contributed by atoms with E-state index in [-0.39, 0.29) is 6.61 Å². The van der Waals surface area contributed by atoms with E-state index >= 15 is 0 Å². The predicted octanol–water partition coefficient (Wildman–Crippen LogP) is 2.57. The average molecular weight is 250 g/mol. The fourth-order valence-corrected chi connectivity index (χ4v) is 2.10. The van der Waals surface area contributed by atoms with Crippen molar-refractivity contribution in [1.29, 1.82) is 0 Å². The smallest absolute Gasteiger partial charge is 0.0447 e. The summed E-state index contributed by atoms with van der Waals surface area (Å²) in [6.07, 6.45) is 1.95. The van der Waals surface area contributed by atoms with Gasteiger partial charge >= 0.3 is 0 Å². The Kier molecular flexibility index (Phi) is 6.76. The highest BCUT2D eigenvalue weighted by Gasteiger charge is 2.11. The van der Waals surface area contributed by atoms with E-state index in [1.165, 1.54) is 11.3 Å². The second-order valence-electron chi connectivity index (χ2n) is 4.73. The van der Waals surface area contributed by atoms with E-state index < -0.39 is 0 Å². The Hall–Kier alpha value is -1.06. The van der Waals surface area contributed by atoms with E-state index in [1.54, 1.807) is 0 Å². The van der Waals surface area contributed by atoms with Crippen LogP contribution in [-0.4, -0.2) is 31.9 Å². The normalized spacial score (nSPS) is 12.4. The Labute approximate surface area is 111 Å². The molecule has 0 bridgehead atoms. The van der Waals surface area contributed by atoms with Gasteiger partial charge in [0, 0.05) is 31.9 Å². The molecule has 1 aromatic rings. The highest BCUT2D eigenvalue weighted by atomic mass is 16.3. The third kappa shape index (κ3) is 4.31. The zero-order chi connectivity index (χ0) is 13.4. The van der Waals surface area contributed by atoms with Crippen LogP contribution in [0.1, 0.15) is 38.3 Å². The molecule has 1 aromatic carbocycles. The molecule has 0 amide bonds. The molecule has 3 nitrogen and oxygen atoms in total. The molecule has 0 radical (unpaired) electrons. The summed E-state index contributed by atoms with van der Waals surface area (Å²) >= 11 is 0. The molecule has 102 valence electrons. The topological polar surface area (TPSA) is 35.5 Å². The van der Waals surface area contributed by atoms with Crippen molar-refractivity contribution in [1.82, 2.24) is 5.32 Å². The average Bonchev–Trinajstić information content (AvgIpc) is 2.42. The van der Waals surface area contributed by atoms with Gasteiger partial charge in [-0.25, -0.2) is 0 Å². The van der Waals surface area contributed by atoms with Gasteiger partial charge in [0.05, 0.1) is 0 Å². The summed E-state index contributed by atoms with van der Waals surface area (Å²) in [4.78, 5) is 2.22. The van der Waals surface area contributed by atoms with Crippen LogP contribution in [-0.2, 0) is 0 Å². The first-order valence-electron chi connectivity index (χ1n) is 6.85. The fourth-order valence-electron chi connectivity index (χ4n) is 2.10. The molecule has 1 rings (SSSR count). The summed E-state index contributed by atoms with van der Waals surface area (Å²) in [5, 5.41) is 12.4. The molecule has 0 saturated carbocycles. The number of nitrogens with one attached hydrogen (secondary N) is 1. The number of hydrogen-bond acceptors (Lipinski definition) is 3. The fraction of sp³-hybridized carbons (Fsp3) is 0.600. The SMILES string of the molecule is CCCNC(C)c1ccccc1N(C)CCCO. The second-order valence-corrected chi connectivity index (χ2v) is 4.73. The summed E-state index contributed by atoms with van der Waals surface area (Å²) in [6.45, 7) is 6.55. The largest absolute Gasteiger partial charge is 0.396 e. The van der Waals surface area contributed by atoms with Crippen LogP contribution in [0.3, 0.4) is 0 Å². The summed E-state index contributed by atoms with van der Waals surface area (Å²) in [7, 11) is 2.08. The molecule has 0 spiro atoms. The molecule has 1 unspecified atom stereocenters. The summed E-state index contributed by atoms with van der Waals surface area (Å²) in [6, 6.07) is 8.84. The minimum absolute atomic E-state index is 0.246. The van der Waals surface area contributed by atoms with E-state index in [1.807, 2.05) is 0 Å². The predicted molar refractivity (Wildman–Crippen MR) is 78.1 cm³/mol. The molecule has 3 heteroatoms. The Morgan fingerprint density at radius 2 is 2.06 bits per heavy atom. The van der Waals surface area contributed by atoms with Crippen LogP contribution in [0.4, 0.5) is 5.69 Å².